The molecule has 0 amide bonds. The Balaban J connectivity index is 2.21. The molecule has 2 rings (SSSR count). The third-order valence-electron chi connectivity index (χ3n) is 2.92. The van der Waals surface area contributed by atoms with E-state index in [4.69, 9.17) is 0 Å². The van der Waals surface area contributed by atoms with Crippen LogP contribution in [0.25, 0.3) is 0 Å². The number of aromatic nitrogens is 2. The molecule has 0 atom stereocenters. The number of hydrogen-bond donors (Lipinski definition) is 1. The number of nitrogens with one attached hydrogen (secondary N) is 1. The van der Waals surface area contributed by atoms with Crippen LogP contribution in [0.3, 0.4) is 0 Å². The van der Waals surface area contributed by atoms with Crippen molar-refractivity contribution >= 4 is 5.69 Å². The van der Waals surface area contributed by atoms with Gasteiger partial charge in [0.05, 0.1) is 11.9 Å². The maximum absolute atomic E-state index is 11.1. The molecular weight excluding hydrogens is 190 g/mol. The molecule has 0 spiro atoms. The summed E-state index contributed by atoms with van der Waals surface area (Å²) in [5.74, 6) is 0. The zero-order valence-electron chi connectivity index (χ0n) is 9.29. The molecule has 4 heteroatoms. The summed E-state index contributed by atoms with van der Waals surface area (Å²) in [7, 11) is 0. The summed E-state index contributed by atoms with van der Waals surface area (Å²) >= 11 is 0. The fourth-order valence-corrected chi connectivity index (χ4v) is 2.18. The van der Waals surface area contributed by atoms with E-state index in [-0.39, 0.29) is 5.56 Å². The Morgan fingerprint density at radius 3 is 3.00 bits per heavy atom. The predicted octanol–water partition coefficient (Wildman–Crippen LogP) is 1.40. The fraction of sp³-hybridized carbons (Fsp3) is 0.636. The highest BCUT2D eigenvalue weighted by atomic mass is 16.1. The molecule has 1 aliphatic heterocycles. The average molecular weight is 207 g/mol. The molecule has 2 heterocycles. The largest absolute Gasteiger partial charge is 0.370 e. The number of aromatic amines is 1. The van der Waals surface area contributed by atoms with Crippen LogP contribution in [0.4, 0.5) is 5.69 Å². The van der Waals surface area contributed by atoms with Gasteiger partial charge in [0.15, 0.2) is 0 Å². The molecule has 1 saturated heterocycles. The number of rotatable bonds is 1. The van der Waals surface area contributed by atoms with Gasteiger partial charge in [-0.05, 0) is 18.3 Å². The van der Waals surface area contributed by atoms with Gasteiger partial charge in [0.25, 0.3) is 5.56 Å². The number of hydrogen-bond acceptors (Lipinski definition) is 3. The van der Waals surface area contributed by atoms with Gasteiger partial charge in [0.1, 0.15) is 0 Å². The first-order chi connectivity index (χ1) is 7.07. The van der Waals surface area contributed by atoms with Gasteiger partial charge in [-0.15, -0.1) is 0 Å². The van der Waals surface area contributed by atoms with E-state index in [1.807, 2.05) is 0 Å². The minimum Gasteiger partial charge on any atom is -0.370 e. The molecule has 0 unspecified atom stereocenters. The second-order valence-corrected chi connectivity index (χ2v) is 4.99. The van der Waals surface area contributed by atoms with Gasteiger partial charge >= 0.3 is 0 Å². The molecule has 1 aliphatic rings. The van der Waals surface area contributed by atoms with Gasteiger partial charge < -0.3 is 4.90 Å². The third kappa shape index (κ3) is 2.37. The Morgan fingerprint density at radius 2 is 2.33 bits per heavy atom. The normalized spacial score (nSPS) is 20.3. The number of piperidine rings is 1. The number of anilines is 1. The molecule has 1 aromatic heterocycles. The van der Waals surface area contributed by atoms with Crippen LogP contribution in [0.5, 0.6) is 0 Å². The molecule has 15 heavy (non-hydrogen) atoms. The van der Waals surface area contributed by atoms with Gasteiger partial charge in [0.2, 0.25) is 0 Å². The monoisotopic (exact) mass is 207 g/mol. The quantitative estimate of drug-likeness (QED) is 0.757. The third-order valence-corrected chi connectivity index (χ3v) is 2.92. The lowest BCUT2D eigenvalue weighted by Gasteiger charge is -2.39. The molecule has 4 nitrogen and oxygen atoms in total. The van der Waals surface area contributed by atoms with Crippen molar-refractivity contribution in [1.82, 2.24) is 10.2 Å². The second-order valence-electron chi connectivity index (χ2n) is 4.99. The minimum atomic E-state index is -0.129. The average Bonchev–Trinajstić information content (AvgIpc) is 2.16. The molecule has 82 valence electrons. The van der Waals surface area contributed by atoms with Crippen LogP contribution in [0.15, 0.2) is 17.1 Å². The molecule has 0 saturated carbocycles. The lowest BCUT2D eigenvalue weighted by molar-refractivity contribution is 0.293. The van der Waals surface area contributed by atoms with E-state index in [0.717, 1.165) is 18.8 Å². The van der Waals surface area contributed by atoms with E-state index < -0.39 is 0 Å². The summed E-state index contributed by atoms with van der Waals surface area (Å²) in [5.41, 5.74) is 1.14. The van der Waals surface area contributed by atoms with Crippen molar-refractivity contribution < 1.29 is 0 Å². The number of H-pyrrole nitrogens is 1. The highest BCUT2D eigenvalue weighted by Crippen LogP contribution is 2.30. The number of nitrogens with zero attached hydrogens (tertiary/aromatic N) is 2. The van der Waals surface area contributed by atoms with E-state index in [9.17, 15) is 4.79 Å². The minimum absolute atomic E-state index is 0.129. The van der Waals surface area contributed by atoms with E-state index in [0.29, 0.717) is 5.41 Å². The standard InChI is InChI=1S/C11H17N3O/c1-11(2)4-3-5-14(8-11)9-6-10(15)13-12-7-9/h6-7H,3-5,8H2,1-2H3,(H,13,15). The predicted molar refractivity (Wildman–Crippen MR) is 60.1 cm³/mol. The van der Waals surface area contributed by atoms with Crippen molar-refractivity contribution in [2.45, 2.75) is 26.7 Å². The molecule has 1 N–H and O–H groups in total. The Kier molecular flexibility index (Phi) is 2.50. The van der Waals surface area contributed by atoms with Crippen LogP contribution in [0, 0.1) is 5.41 Å². The summed E-state index contributed by atoms with van der Waals surface area (Å²) in [6, 6.07) is 1.62. The Bertz CT molecular complexity index is 397. The summed E-state index contributed by atoms with van der Waals surface area (Å²) in [6.45, 7) is 6.55. The van der Waals surface area contributed by atoms with Crippen molar-refractivity contribution in [3.8, 4) is 0 Å². The van der Waals surface area contributed by atoms with E-state index in [1.54, 1.807) is 12.3 Å². The van der Waals surface area contributed by atoms with E-state index in [1.165, 1.54) is 12.8 Å². The van der Waals surface area contributed by atoms with E-state index >= 15 is 0 Å². The van der Waals surface area contributed by atoms with Crippen LogP contribution in [-0.4, -0.2) is 23.3 Å². The Labute approximate surface area is 89.3 Å². The fourth-order valence-electron chi connectivity index (χ4n) is 2.18. The molecule has 0 bridgehead atoms. The van der Waals surface area contributed by atoms with Gasteiger partial charge in [-0.3, -0.25) is 4.79 Å². The molecule has 0 aromatic carbocycles. The van der Waals surface area contributed by atoms with Gasteiger partial charge in [0, 0.05) is 19.2 Å². The summed E-state index contributed by atoms with van der Waals surface area (Å²) in [6.07, 6.45) is 4.16. The zero-order valence-corrected chi connectivity index (χ0v) is 9.29. The Morgan fingerprint density at radius 1 is 1.53 bits per heavy atom. The van der Waals surface area contributed by atoms with Crippen molar-refractivity contribution in [3.05, 3.63) is 22.6 Å². The van der Waals surface area contributed by atoms with Crippen molar-refractivity contribution in [2.24, 2.45) is 5.41 Å². The highest BCUT2D eigenvalue weighted by molar-refractivity contribution is 5.43. The van der Waals surface area contributed by atoms with Gasteiger partial charge in [-0.25, -0.2) is 5.10 Å². The summed E-state index contributed by atoms with van der Waals surface area (Å²) in [5, 5.41) is 6.23. The topological polar surface area (TPSA) is 49.0 Å². The lowest BCUT2D eigenvalue weighted by Crippen LogP contribution is -2.40. The molecule has 0 radical (unpaired) electrons. The maximum Gasteiger partial charge on any atom is 0.266 e. The highest BCUT2D eigenvalue weighted by Gasteiger charge is 2.26. The van der Waals surface area contributed by atoms with Crippen LogP contribution in [0.1, 0.15) is 26.7 Å². The van der Waals surface area contributed by atoms with E-state index in [2.05, 4.69) is 28.9 Å². The molecule has 1 fully saturated rings. The van der Waals surface area contributed by atoms with Crippen LogP contribution in [0.2, 0.25) is 0 Å². The Hall–Kier alpha value is -1.32. The lowest BCUT2D eigenvalue weighted by atomic mass is 9.84. The first kappa shape index (κ1) is 10.2. The molecular formula is C11H17N3O. The van der Waals surface area contributed by atoms with Gasteiger partial charge in [-0.1, -0.05) is 13.8 Å². The first-order valence-corrected chi connectivity index (χ1v) is 5.37. The van der Waals surface area contributed by atoms with Crippen molar-refractivity contribution in [2.75, 3.05) is 18.0 Å². The SMILES string of the molecule is CC1(C)CCCN(c2cn[nH]c(=O)c2)C1. The van der Waals surface area contributed by atoms with Crippen molar-refractivity contribution in [1.29, 1.82) is 0 Å². The smallest absolute Gasteiger partial charge is 0.266 e. The summed E-state index contributed by atoms with van der Waals surface area (Å²) in [4.78, 5) is 13.4. The first-order valence-electron chi connectivity index (χ1n) is 5.37. The molecule has 1 aromatic rings. The van der Waals surface area contributed by atoms with Crippen LogP contribution in [-0.2, 0) is 0 Å². The van der Waals surface area contributed by atoms with Crippen LogP contribution >= 0.6 is 0 Å². The van der Waals surface area contributed by atoms with Gasteiger partial charge in [-0.2, -0.15) is 5.10 Å². The van der Waals surface area contributed by atoms with Crippen molar-refractivity contribution in [3.63, 3.8) is 0 Å². The van der Waals surface area contributed by atoms with Crippen LogP contribution < -0.4 is 10.5 Å². The summed E-state index contributed by atoms with van der Waals surface area (Å²) < 4.78 is 0. The molecule has 0 aliphatic carbocycles. The zero-order chi connectivity index (χ0) is 10.9. The maximum atomic E-state index is 11.1. The second kappa shape index (κ2) is 3.68.